The van der Waals surface area contributed by atoms with E-state index in [0.717, 1.165) is 27.4 Å². The van der Waals surface area contributed by atoms with Gasteiger partial charge in [-0.3, -0.25) is 9.10 Å². The summed E-state index contributed by atoms with van der Waals surface area (Å²) in [6.45, 7) is 5.52. The molecule has 0 fully saturated rings. The molecule has 1 unspecified atom stereocenters. The average Bonchev–Trinajstić information content (AvgIpc) is 2.63. The predicted molar refractivity (Wildman–Crippen MR) is 122 cm³/mol. The zero-order valence-corrected chi connectivity index (χ0v) is 19.8. The van der Waals surface area contributed by atoms with Gasteiger partial charge in [0.05, 0.1) is 30.1 Å². The van der Waals surface area contributed by atoms with Crippen LogP contribution >= 0.6 is 11.6 Å². The Morgan fingerprint density at radius 1 is 1.29 bits per heavy atom. The molecule has 1 heterocycles. The van der Waals surface area contributed by atoms with Gasteiger partial charge < -0.3 is 14.8 Å². The molecule has 0 aliphatic carbocycles. The van der Waals surface area contributed by atoms with Gasteiger partial charge in [-0.1, -0.05) is 23.7 Å². The Balaban J connectivity index is 1.85. The van der Waals surface area contributed by atoms with Crippen molar-refractivity contribution in [1.29, 1.82) is 0 Å². The molecule has 168 valence electrons. The van der Waals surface area contributed by atoms with Crippen molar-refractivity contribution in [2.45, 2.75) is 38.8 Å². The van der Waals surface area contributed by atoms with Gasteiger partial charge in [-0.15, -0.1) is 0 Å². The lowest BCUT2D eigenvalue weighted by Crippen LogP contribution is -2.45. The summed E-state index contributed by atoms with van der Waals surface area (Å²) < 4.78 is 37.0. The van der Waals surface area contributed by atoms with Crippen LogP contribution in [-0.2, 0) is 14.8 Å². The molecule has 1 N–H and O–H groups in total. The van der Waals surface area contributed by atoms with Crippen LogP contribution in [0.15, 0.2) is 36.4 Å². The Labute approximate surface area is 188 Å². The van der Waals surface area contributed by atoms with E-state index in [-0.39, 0.29) is 23.3 Å². The maximum Gasteiger partial charge on any atom is 0.241 e. The molecule has 0 saturated carbocycles. The number of carbonyl (C=O) groups excluding carboxylic acids is 1. The molecule has 0 aromatic heterocycles. The molecule has 0 bridgehead atoms. The summed E-state index contributed by atoms with van der Waals surface area (Å²) >= 11 is 6.16. The van der Waals surface area contributed by atoms with Crippen molar-refractivity contribution in [3.05, 3.63) is 52.5 Å². The third kappa shape index (κ3) is 5.43. The van der Waals surface area contributed by atoms with E-state index >= 15 is 0 Å². The van der Waals surface area contributed by atoms with Gasteiger partial charge in [0.1, 0.15) is 23.6 Å². The highest BCUT2D eigenvalue weighted by Gasteiger charge is 2.35. The van der Waals surface area contributed by atoms with E-state index in [1.807, 2.05) is 39.0 Å². The van der Waals surface area contributed by atoms with Crippen molar-refractivity contribution in [1.82, 2.24) is 5.32 Å². The van der Waals surface area contributed by atoms with E-state index in [1.54, 1.807) is 12.1 Å². The second-order valence-corrected chi connectivity index (χ2v) is 10.6. The fourth-order valence-electron chi connectivity index (χ4n) is 3.67. The number of benzene rings is 2. The quantitative estimate of drug-likeness (QED) is 0.699. The van der Waals surface area contributed by atoms with Gasteiger partial charge in [0, 0.05) is 12.0 Å². The number of methoxy groups -OCH3 is 1. The van der Waals surface area contributed by atoms with E-state index in [2.05, 4.69) is 5.32 Å². The van der Waals surface area contributed by atoms with E-state index in [4.69, 9.17) is 21.1 Å². The maximum absolute atomic E-state index is 12.9. The number of nitrogens with one attached hydrogen (secondary N) is 1. The fraction of sp³-hybridized carbons (Fsp3) is 0.409. The lowest BCUT2D eigenvalue weighted by molar-refractivity contribution is -0.120. The molecule has 1 aliphatic heterocycles. The van der Waals surface area contributed by atoms with Crippen LogP contribution in [0.2, 0.25) is 5.02 Å². The first kappa shape index (κ1) is 23.2. The molecule has 3 rings (SSSR count). The number of halogens is 1. The summed E-state index contributed by atoms with van der Waals surface area (Å²) in [4.78, 5) is 12.9. The summed E-state index contributed by atoms with van der Waals surface area (Å²) in [7, 11) is -2.26. The molecule has 0 saturated heterocycles. The minimum Gasteiger partial charge on any atom is -0.495 e. The number of carbonyl (C=O) groups is 1. The van der Waals surface area contributed by atoms with E-state index in [0.29, 0.717) is 12.2 Å². The highest BCUT2D eigenvalue weighted by atomic mass is 35.5. The van der Waals surface area contributed by atoms with E-state index in [9.17, 15) is 13.2 Å². The van der Waals surface area contributed by atoms with Gasteiger partial charge in [-0.2, -0.15) is 0 Å². The minimum atomic E-state index is -3.73. The number of nitrogens with zero attached hydrogens (tertiary/aromatic N) is 1. The van der Waals surface area contributed by atoms with E-state index in [1.165, 1.54) is 13.2 Å². The fourth-order valence-corrected chi connectivity index (χ4v) is 4.77. The summed E-state index contributed by atoms with van der Waals surface area (Å²) in [6.07, 6.45) is 1.61. The monoisotopic (exact) mass is 466 g/mol. The molecule has 7 nitrogen and oxygen atoms in total. The molecule has 31 heavy (non-hydrogen) atoms. The molecule has 2 aromatic rings. The highest BCUT2D eigenvalue weighted by Crippen LogP contribution is 2.40. The smallest absolute Gasteiger partial charge is 0.241 e. The molecule has 2 aromatic carbocycles. The Bertz CT molecular complexity index is 1100. The van der Waals surface area contributed by atoms with Crippen molar-refractivity contribution in [3.8, 4) is 11.5 Å². The number of rotatable bonds is 6. The molecule has 0 radical (unpaired) electrons. The van der Waals surface area contributed by atoms with Gasteiger partial charge in [0.15, 0.2) is 0 Å². The lowest BCUT2D eigenvalue weighted by atomic mass is 9.89. The Morgan fingerprint density at radius 3 is 2.61 bits per heavy atom. The van der Waals surface area contributed by atoms with Crippen molar-refractivity contribution in [2.24, 2.45) is 0 Å². The minimum absolute atomic E-state index is 0.254. The molecule has 9 heteroatoms. The normalized spacial score (nSPS) is 17.3. The van der Waals surface area contributed by atoms with Crippen LogP contribution in [0.3, 0.4) is 0 Å². The molecular weight excluding hydrogens is 440 g/mol. The van der Waals surface area contributed by atoms with Crippen molar-refractivity contribution in [2.75, 3.05) is 24.2 Å². The first-order valence-corrected chi connectivity index (χ1v) is 12.0. The van der Waals surface area contributed by atoms with Gasteiger partial charge in [-0.25, -0.2) is 8.42 Å². The number of hydrogen-bond donors (Lipinski definition) is 1. The Morgan fingerprint density at radius 2 is 2.00 bits per heavy atom. The van der Waals surface area contributed by atoms with Gasteiger partial charge in [-0.05, 0) is 50.6 Å². The van der Waals surface area contributed by atoms with Crippen LogP contribution in [0.25, 0.3) is 0 Å². The van der Waals surface area contributed by atoms with Gasteiger partial charge in [0.25, 0.3) is 0 Å². The highest BCUT2D eigenvalue weighted by molar-refractivity contribution is 7.92. The summed E-state index contributed by atoms with van der Waals surface area (Å²) in [5.41, 5.74) is 1.74. The number of sulfonamides is 1. The Kier molecular flexibility index (Phi) is 6.43. The summed E-state index contributed by atoms with van der Waals surface area (Å²) in [6, 6.07) is 10.1. The third-order valence-corrected chi connectivity index (χ3v) is 6.51. The van der Waals surface area contributed by atoms with Crippen LogP contribution < -0.4 is 19.1 Å². The standard InChI is InChI=1S/C22H27ClN2O5S/c1-14-6-8-16-18(12-22(2,3)30-20(16)10-14)24-21(26)13-25(31(5,27)28)15-7-9-19(29-4)17(23)11-15/h6-11,18H,12-13H2,1-5H3,(H,24,26). The zero-order valence-electron chi connectivity index (χ0n) is 18.2. The van der Waals surface area contributed by atoms with Crippen LogP contribution in [0.4, 0.5) is 5.69 Å². The molecular formula is C22H27ClN2O5S. The SMILES string of the molecule is COc1ccc(N(CC(=O)NC2CC(C)(C)Oc3cc(C)ccc32)S(C)(=O)=O)cc1Cl. The predicted octanol–water partition coefficient (Wildman–Crippen LogP) is 3.84. The molecule has 1 atom stereocenters. The lowest BCUT2D eigenvalue weighted by Gasteiger charge is -2.38. The van der Waals surface area contributed by atoms with Crippen molar-refractivity contribution >= 4 is 33.2 Å². The largest absolute Gasteiger partial charge is 0.495 e. The van der Waals surface area contributed by atoms with Crippen LogP contribution in [0.1, 0.15) is 37.4 Å². The van der Waals surface area contributed by atoms with Crippen LogP contribution in [-0.4, -0.2) is 39.8 Å². The van der Waals surface area contributed by atoms with Crippen LogP contribution in [0, 0.1) is 6.92 Å². The number of aryl methyl sites for hydroxylation is 1. The number of hydrogen-bond acceptors (Lipinski definition) is 5. The van der Waals surface area contributed by atoms with Crippen LogP contribution in [0.5, 0.6) is 11.5 Å². The van der Waals surface area contributed by atoms with Crippen molar-refractivity contribution < 1.29 is 22.7 Å². The number of ether oxygens (including phenoxy) is 2. The number of amides is 1. The number of fused-ring (bicyclic) bond motifs is 1. The summed E-state index contributed by atoms with van der Waals surface area (Å²) in [5.74, 6) is 0.717. The molecule has 1 amide bonds. The first-order valence-electron chi connectivity index (χ1n) is 9.80. The zero-order chi connectivity index (χ0) is 23.0. The topological polar surface area (TPSA) is 84.9 Å². The summed E-state index contributed by atoms with van der Waals surface area (Å²) in [5, 5.41) is 3.23. The first-order chi connectivity index (χ1) is 14.4. The van der Waals surface area contributed by atoms with E-state index < -0.39 is 21.5 Å². The van der Waals surface area contributed by atoms with Crippen molar-refractivity contribution in [3.63, 3.8) is 0 Å². The third-order valence-electron chi connectivity index (χ3n) is 5.07. The average molecular weight is 467 g/mol. The van der Waals surface area contributed by atoms with Gasteiger partial charge in [0.2, 0.25) is 15.9 Å². The molecule has 0 spiro atoms. The second-order valence-electron chi connectivity index (χ2n) is 8.32. The van der Waals surface area contributed by atoms with Gasteiger partial charge >= 0.3 is 0 Å². The number of anilines is 1. The second kappa shape index (κ2) is 8.59. The Hall–Kier alpha value is -2.45. The molecule has 1 aliphatic rings. The maximum atomic E-state index is 12.9.